The molecule has 2 heterocycles. The second-order valence-electron chi connectivity index (χ2n) is 5.82. The molecular formula is C18H22N4O. The molecule has 0 radical (unpaired) electrons. The summed E-state index contributed by atoms with van der Waals surface area (Å²) in [6, 6.07) is 8.22. The van der Waals surface area contributed by atoms with Gasteiger partial charge in [0.25, 0.3) is 5.91 Å². The van der Waals surface area contributed by atoms with Crippen molar-refractivity contribution in [2.45, 2.75) is 32.6 Å². The molecule has 0 aliphatic carbocycles. The molecule has 23 heavy (non-hydrogen) atoms. The third-order valence-electron chi connectivity index (χ3n) is 4.15. The van der Waals surface area contributed by atoms with Crippen LogP contribution >= 0.6 is 0 Å². The molecule has 1 fully saturated rings. The molecule has 1 aliphatic heterocycles. The highest BCUT2D eigenvalue weighted by Crippen LogP contribution is 2.16. The zero-order valence-electron chi connectivity index (χ0n) is 13.5. The monoisotopic (exact) mass is 310 g/mol. The number of amides is 1. The van der Waals surface area contributed by atoms with Crippen LogP contribution in [0.1, 0.15) is 42.2 Å². The van der Waals surface area contributed by atoms with Gasteiger partial charge in [0.15, 0.2) is 0 Å². The van der Waals surface area contributed by atoms with E-state index in [-0.39, 0.29) is 5.91 Å². The number of likely N-dealkylation sites (tertiary alicyclic amines) is 1. The molecule has 0 unspecified atom stereocenters. The van der Waals surface area contributed by atoms with E-state index in [0.717, 1.165) is 38.0 Å². The van der Waals surface area contributed by atoms with Crippen molar-refractivity contribution >= 4 is 17.4 Å². The number of carbonyl (C=O) groups excluding carboxylic acids is 1. The maximum Gasteiger partial charge on any atom is 0.274 e. The first-order valence-corrected chi connectivity index (χ1v) is 8.23. The Morgan fingerprint density at radius 1 is 1.09 bits per heavy atom. The number of nitrogens with zero attached hydrogens (tertiary/aromatic N) is 3. The maximum absolute atomic E-state index is 12.3. The maximum atomic E-state index is 12.3. The van der Waals surface area contributed by atoms with Crippen LogP contribution in [0.4, 0.5) is 11.5 Å². The van der Waals surface area contributed by atoms with Gasteiger partial charge in [-0.1, -0.05) is 19.1 Å². The first-order chi connectivity index (χ1) is 11.3. The highest BCUT2D eigenvalue weighted by molar-refractivity contribution is 5.92. The summed E-state index contributed by atoms with van der Waals surface area (Å²) in [5.74, 6) is 0.625. The number of benzene rings is 1. The fourth-order valence-electron chi connectivity index (χ4n) is 2.73. The third kappa shape index (κ3) is 3.86. The van der Waals surface area contributed by atoms with E-state index in [1.165, 1.54) is 12.0 Å². The van der Waals surface area contributed by atoms with Crippen LogP contribution in [0.15, 0.2) is 36.7 Å². The Bertz CT molecular complexity index is 646. The number of piperidine rings is 1. The standard InChI is InChI=1S/C18H22N4O/c1-2-14-6-8-15(9-7-14)21-17-13-19-16(12-20-17)18(23)22-10-4-3-5-11-22/h6-9,12-13H,2-5,10-11H2,1H3,(H,20,21). The molecule has 5 heteroatoms. The van der Waals surface area contributed by atoms with Crippen LogP contribution in [0.5, 0.6) is 0 Å². The molecule has 0 bridgehead atoms. The molecular weight excluding hydrogens is 288 g/mol. The van der Waals surface area contributed by atoms with E-state index in [4.69, 9.17) is 0 Å². The number of nitrogens with one attached hydrogen (secondary N) is 1. The number of hydrogen-bond donors (Lipinski definition) is 1. The van der Waals surface area contributed by atoms with Crippen molar-refractivity contribution < 1.29 is 4.79 Å². The van der Waals surface area contributed by atoms with Crippen molar-refractivity contribution in [3.05, 3.63) is 47.9 Å². The molecule has 1 aromatic heterocycles. The summed E-state index contributed by atoms with van der Waals surface area (Å²) in [5, 5.41) is 3.20. The number of rotatable bonds is 4. The van der Waals surface area contributed by atoms with Crippen LogP contribution < -0.4 is 5.32 Å². The zero-order valence-corrected chi connectivity index (χ0v) is 13.5. The molecule has 0 atom stereocenters. The van der Waals surface area contributed by atoms with Crippen molar-refractivity contribution in [2.75, 3.05) is 18.4 Å². The largest absolute Gasteiger partial charge is 0.339 e. The Labute approximate surface area is 136 Å². The number of aryl methyl sites for hydroxylation is 1. The van der Waals surface area contributed by atoms with Gasteiger partial charge in [-0.2, -0.15) is 0 Å². The van der Waals surface area contributed by atoms with Gasteiger partial charge in [0.2, 0.25) is 0 Å². The lowest BCUT2D eigenvalue weighted by molar-refractivity contribution is 0.0718. The summed E-state index contributed by atoms with van der Waals surface area (Å²) < 4.78 is 0. The van der Waals surface area contributed by atoms with Gasteiger partial charge in [-0.15, -0.1) is 0 Å². The predicted molar refractivity (Wildman–Crippen MR) is 90.9 cm³/mol. The summed E-state index contributed by atoms with van der Waals surface area (Å²) in [6.07, 6.45) is 7.55. The highest BCUT2D eigenvalue weighted by atomic mass is 16.2. The van der Waals surface area contributed by atoms with Crippen LogP contribution in [0.25, 0.3) is 0 Å². The van der Waals surface area contributed by atoms with Crippen LogP contribution in [0.2, 0.25) is 0 Å². The Kier molecular flexibility index (Phi) is 4.86. The Balaban J connectivity index is 1.65. The average Bonchev–Trinajstić information content (AvgIpc) is 2.63. The minimum Gasteiger partial charge on any atom is -0.339 e. The minimum atomic E-state index is -0.0175. The Hall–Kier alpha value is -2.43. The van der Waals surface area contributed by atoms with Gasteiger partial charge in [-0.3, -0.25) is 4.79 Å². The van der Waals surface area contributed by atoms with Crippen molar-refractivity contribution in [2.24, 2.45) is 0 Å². The molecule has 3 rings (SSSR count). The topological polar surface area (TPSA) is 58.1 Å². The molecule has 1 aliphatic rings. The van der Waals surface area contributed by atoms with Gasteiger partial charge >= 0.3 is 0 Å². The second kappa shape index (κ2) is 7.22. The van der Waals surface area contributed by atoms with Crippen molar-refractivity contribution in [1.29, 1.82) is 0 Å². The number of hydrogen-bond acceptors (Lipinski definition) is 4. The fraction of sp³-hybridized carbons (Fsp3) is 0.389. The molecule has 120 valence electrons. The third-order valence-corrected chi connectivity index (χ3v) is 4.15. The molecule has 0 spiro atoms. The lowest BCUT2D eigenvalue weighted by Gasteiger charge is -2.26. The molecule has 0 saturated carbocycles. The smallest absolute Gasteiger partial charge is 0.274 e. The van der Waals surface area contributed by atoms with E-state index in [2.05, 4.69) is 34.3 Å². The number of aromatic nitrogens is 2. The number of anilines is 2. The quantitative estimate of drug-likeness (QED) is 0.940. The zero-order chi connectivity index (χ0) is 16.1. The van der Waals surface area contributed by atoms with E-state index in [1.807, 2.05) is 17.0 Å². The van der Waals surface area contributed by atoms with Gasteiger partial charge in [0, 0.05) is 18.8 Å². The summed E-state index contributed by atoms with van der Waals surface area (Å²) in [5.41, 5.74) is 2.68. The van der Waals surface area contributed by atoms with Crippen LogP contribution in [0.3, 0.4) is 0 Å². The first kappa shape index (κ1) is 15.5. The lowest BCUT2D eigenvalue weighted by atomic mass is 10.1. The second-order valence-corrected chi connectivity index (χ2v) is 5.82. The SMILES string of the molecule is CCc1ccc(Nc2cnc(C(=O)N3CCCCC3)cn2)cc1. The van der Waals surface area contributed by atoms with Gasteiger partial charge in [-0.25, -0.2) is 9.97 Å². The van der Waals surface area contributed by atoms with E-state index in [0.29, 0.717) is 11.5 Å². The molecule has 2 aromatic rings. The van der Waals surface area contributed by atoms with E-state index in [9.17, 15) is 4.79 Å². The minimum absolute atomic E-state index is 0.0175. The lowest BCUT2D eigenvalue weighted by Crippen LogP contribution is -2.36. The van der Waals surface area contributed by atoms with Crippen LogP contribution in [0, 0.1) is 0 Å². The van der Waals surface area contributed by atoms with Gasteiger partial charge in [0.05, 0.1) is 12.4 Å². The van der Waals surface area contributed by atoms with Crippen LogP contribution in [-0.4, -0.2) is 33.9 Å². The molecule has 1 aromatic carbocycles. The molecule has 1 amide bonds. The first-order valence-electron chi connectivity index (χ1n) is 8.23. The summed E-state index contributed by atoms with van der Waals surface area (Å²) in [4.78, 5) is 22.8. The normalized spacial score (nSPS) is 14.6. The number of carbonyl (C=O) groups is 1. The Morgan fingerprint density at radius 3 is 2.43 bits per heavy atom. The van der Waals surface area contributed by atoms with Crippen molar-refractivity contribution in [3.63, 3.8) is 0 Å². The van der Waals surface area contributed by atoms with Gasteiger partial charge in [0.1, 0.15) is 11.5 Å². The van der Waals surface area contributed by atoms with Gasteiger partial charge < -0.3 is 10.2 Å². The Morgan fingerprint density at radius 2 is 1.83 bits per heavy atom. The van der Waals surface area contributed by atoms with Gasteiger partial charge in [-0.05, 0) is 43.4 Å². The van der Waals surface area contributed by atoms with E-state index in [1.54, 1.807) is 12.4 Å². The van der Waals surface area contributed by atoms with Crippen molar-refractivity contribution in [1.82, 2.24) is 14.9 Å². The fourth-order valence-corrected chi connectivity index (χ4v) is 2.73. The van der Waals surface area contributed by atoms with E-state index >= 15 is 0 Å². The molecule has 1 saturated heterocycles. The average molecular weight is 310 g/mol. The van der Waals surface area contributed by atoms with E-state index < -0.39 is 0 Å². The highest BCUT2D eigenvalue weighted by Gasteiger charge is 2.19. The molecule has 1 N–H and O–H groups in total. The summed E-state index contributed by atoms with van der Waals surface area (Å²) in [6.45, 7) is 3.78. The van der Waals surface area contributed by atoms with Crippen LogP contribution in [-0.2, 0) is 6.42 Å². The summed E-state index contributed by atoms with van der Waals surface area (Å²) in [7, 11) is 0. The summed E-state index contributed by atoms with van der Waals surface area (Å²) >= 11 is 0. The molecule has 5 nitrogen and oxygen atoms in total. The van der Waals surface area contributed by atoms with Crippen molar-refractivity contribution in [3.8, 4) is 0 Å². The predicted octanol–water partition coefficient (Wildman–Crippen LogP) is 3.41.